The maximum absolute atomic E-state index is 14.0. The van der Waals surface area contributed by atoms with Crippen LogP contribution in [-0.4, -0.2) is 11.3 Å². The predicted octanol–water partition coefficient (Wildman–Crippen LogP) is 4.40. The summed E-state index contributed by atoms with van der Waals surface area (Å²) in [4.78, 5) is 14.7. The third-order valence-corrected chi connectivity index (χ3v) is 3.67. The highest BCUT2D eigenvalue weighted by molar-refractivity contribution is 6.06. The summed E-state index contributed by atoms with van der Waals surface area (Å²) in [5, 5.41) is 0.873. The molecule has 0 radical (unpaired) electrons. The van der Waals surface area contributed by atoms with Crippen molar-refractivity contribution in [2.75, 3.05) is 0 Å². The minimum absolute atomic E-state index is 0.336. The van der Waals surface area contributed by atoms with Gasteiger partial charge in [-0.05, 0) is 37.1 Å². The lowest BCUT2D eigenvalue weighted by Crippen LogP contribution is -1.88. The molecule has 0 atom stereocenters. The van der Waals surface area contributed by atoms with Crippen molar-refractivity contribution in [1.29, 1.82) is 0 Å². The van der Waals surface area contributed by atoms with Crippen molar-refractivity contribution < 1.29 is 9.18 Å². The number of H-pyrrole nitrogens is 1. The number of halogens is 1. The molecular formula is C17H14FNO. The van der Waals surface area contributed by atoms with Gasteiger partial charge in [-0.3, -0.25) is 4.79 Å². The van der Waals surface area contributed by atoms with Crippen molar-refractivity contribution in [3.05, 3.63) is 58.9 Å². The van der Waals surface area contributed by atoms with Crippen LogP contribution in [0.4, 0.5) is 4.39 Å². The van der Waals surface area contributed by atoms with Crippen molar-refractivity contribution >= 4 is 17.2 Å². The lowest BCUT2D eigenvalue weighted by Gasteiger charge is -2.01. The van der Waals surface area contributed by atoms with E-state index in [1.165, 1.54) is 6.07 Å². The van der Waals surface area contributed by atoms with Crippen molar-refractivity contribution in [2.24, 2.45) is 0 Å². The Kier molecular flexibility index (Phi) is 2.90. The number of nitrogens with one attached hydrogen (secondary N) is 1. The molecule has 100 valence electrons. The largest absolute Gasteiger partial charge is 0.354 e. The Hall–Kier alpha value is -2.42. The van der Waals surface area contributed by atoms with E-state index >= 15 is 0 Å². The van der Waals surface area contributed by atoms with Crippen LogP contribution in [0.2, 0.25) is 0 Å². The quantitative estimate of drug-likeness (QED) is 0.686. The molecule has 0 bridgehead atoms. The zero-order valence-corrected chi connectivity index (χ0v) is 11.3. The van der Waals surface area contributed by atoms with E-state index in [1.807, 2.05) is 26.0 Å². The van der Waals surface area contributed by atoms with Gasteiger partial charge in [-0.1, -0.05) is 24.3 Å². The van der Waals surface area contributed by atoms with Gasteiger partial charge in [0, 0.05) is 22.0 Å². The summed E-state index contributed by atoms with van der Waals surface area (Å²) in [5.41, 5.74) is 4.43. The van der Waals surface area contributed by atoms with Gasteiger partial charge < -0.3 is 4.98 Å². The number of fused-ring (bicyclic) bond motifs is 1. The average molecular weight is 267 g/mol. The number of aldehydes is 1. The van der Waals surface area contributed by atoms with E-state index in [1.54, 1.807) is 18.2 Å². The molecule has 0 fully saturated rings. The summed E-state index contributed by atoms with van der Waals surface area (Å²) in [5.74, 6) is -0.336. The summed E-state index contributed by atoms with van der Waals surface area (Å²) in [7, 11) is 0. The van der Waals surface area contributed by atoms with E-state index in [0.29, 0.717) is 16.8 Å². The second-order valence-electron chi connectivity index (χ2n) is 4.96. The van der Waals surface area contributed by atoms with Crippen LogP contribution in [0.1, 0.15) is 21.5 Å². The SMILES string of the molecule is Cc1ccc(C)c2c(C=O)c(-c3ccccc3F)[nH]c12. The van der Waals surface area contributed by atoms with E-state index in [4.69, 9.17) is 0 Å². The Balaban J connectivity index is 2.44. The fraction of sp³-hybridized carbons (Fsp3) is 0.118. The van der Waals surface area contributed by atoms with Crippen LogP contribution in [0.15, 0.2) is 36.4 Å². The highest BCUT2D eigenvalue weighted by atomic mass is 19.1. The molecule has 0 aliphatic carbocycles. The van der Waals surface area contributed by atoms with Crippen LogP contribution < -0.4 is 0 Å². The molecule has 0 unspecified atom stereocenters. The number of hydrogen-bond acceptors (Lipinski definition) is 1. The molecule has 3 aromatic rings. The maximum Gasteiger partial charge on any atom is 0.152 e. The summed E-state index contributed by atoms with van der Waals surface area (Å²) in [6, 6.07) is 10.4. The van der Waals surface area contributed by atoms with Gasteiger partial charge in [0.1, 0.15) is 5.82 Å². The summed E-state index contributed by atoms with van der Waals surface area (Å²) in [6.45, 7) is 3.92. The first-order chi connectivity index (χ1) is 9.63. The van der Waals surface area contributed by atoms with E-state index in [9.17, 15) is 9.18 Å². The van der Waals surface area contributed by atoms with Crippen LogP contribution in [0.25, 0.3) is 22.2 Å². The molecular weight excluding hydrogens is 253 g/mol. The van der Waals surface area contributed by atoms with Gasteiger partial charge in [0.2, 0.25) is 0 Å². The van der Waals surface area contributed by atoms with Gasteiger partial charge in [-0.25, -0.2) is 4.39 Å². The molecule has 1 aromatic heterocycles. The molecule has 2 nitrogen and oxygen atoms in total. The number of rotatable bonds is 2. The van der Waals surface area contributed by atoms with Crippen molar-refractivity contribution in [3.63, 3.8) is 0 Å². The number of carbonyl (C=O) groups is 1. The molecule has 0 saturated heterocycles. The van der Waals surface area contributed by atoms with Gasteiger partial charge in [-0.15, -0.1) is 0 Å². The molecule has 0 aliphatic heterocycles. The van der Waals surface area contributed by atoms with Crippen LogP contribution in [-0.2, 0) is 0 Å². The van der Waals surface area contributed by atoms with Crippen molar-refractivity contribution in [3.8, 4) is 11.3 Å². The smallest absolute Gasteiger partial charge is 0.152 e. The van der Waals surface area contributed by atoms with E-state index in [2.05, 4.69) is 4.98 Å². The Labute approximate surface area is 116 Å². The molecule has 0 aliphatic rings. The van der Waals surface area contributed by atoms with Crippen molar-refractivity contribution in [1.82, 2.24) is 4.98 Å². The van der Waals surface area contributed by atoms with Gasteiger partial charge in [-0.2, -0.15) is 0 Å². The van der Waals surface area contributed by atoms with E-state index in [-0.39, 0.29) is 5.82 Å². The Morgan fingerprint density at radius 1 is 1.05 bits per heavy atom. The van der Waals surface area contributed by atoms with E-state index < -0.39 is 0 Å². The minimum atomic E-state index is -0.336. The second-order valence-corrected chi connectivity index (χ2v) is 4.96. The Bertz CT molecular complexity index is 817. The van der Waals surface area contributed by atoms with Crippen LogP contribution in [0.3, 0.4) is 0 Å². The highest BCUT2D eigenvalue weighted by Crippen LogP contribution is 2.33. The molecule has 2 aromatic carbocycles. The molecule has 0 spiro atoms. The monoisotopic (exact) mass is 267 g/mol. The normalized spacial score (nSPS) is 10.9. The van der Waals surface area contributed by atoms with Gasteiger partial charge in [0.15, 0.2) is 6.29 Å². The zero-order valence-electron chi connectivity index (χ0n) is 11.3. The molecule has 0 saturated carbocycles. The summed E-state index contributed by atoms with van der Waals surface area (Å²) in [6.07, 6.45) is 0.799. The van der Waals surface area contributed by atoms with Crippen LogP contribution in [0.5, 0.6) is 0 Å². The standard InChI is InChI=1S/C17H14FNO/c1-10-7-8-11(2)16-15(10)13(9-20)17(19-16)12-5-3-4-6-14(12)18/h3-9,19H,1-2H3. The first kappa shape index (κ1) is 12.6. The zero-order chi connectivity index (χ0) is 14.3. The first-order valence-corrected chi connectivity index (χ1v) is 6.45. The fourth-order valence-electron chi connectivity index (χ4n) is 2.63. The highest BCUT2D eigenvalue weighted by Gasteiger charge is 2.17. The van der Waals surface area contributed by atoms with Gasteiger partial charge in [0.25, 0.3) is 0 Å². The average Bonchev–Trinajstić information content (AvgIpc) is 2.84. The second kappa shape index (κ2) is 4.60. The lowest BCUT2D eigenvalue weighted by molar-refractivity contribution is 0.112. The van der Waals surface area contributed by atoms with Gasteiger partial charge in [0.05, 0.1) is 5.69 Å². The fourth-order valence-corrected chi connectivity index (χ4v) is 2.63. The third-order valence-electron chi connectivity index (χ3n) is 3.67. The summed E-state index contributed by atoms with van der Waals surface area (Å²) >= 11 is 0. The first-order valence-electron chi connectivity index (χ1n) is 6.45. The Morgan fingerprint density at radius 3 is 2.45 bits per heavy atom. The predicted molar refractivity (Wildman–Crippen MR) is 78.6 cm³/mol. The van der Waals surface area contributed by atoms with Crippen LogP contribution in [0, 0.1) is 19.7 Å². The number of aromatic amines is 1. The van der Waals surface area contributed by atoms with Gasteiger partial charge >= 0.3 is 0 Å². The lowest BCUT2D eigenvalue weighted by atomic mass is 10.0. The number of carbonyl (C=O) groups excluding carboxylic acids is 1. The van der Waals surface area contributed by atoms with Crippen LogP contribution >= 0.6 is 0 Å². The number of aryl methyl sites for hydroxylation is 2. The number of aromatic nitrogens is 1. The minimum Gasteiger partial charge on any atom is -0.354 e. The molecule has 1 N–H and O–H groups in total. The molecule has 3 heteroatoms. The summed E-state index contributed by atoms with van der Waals surface area (Å²) < 4.78 is 14.0. The van der Waals surface area contributed by atoms with Crippen molar-refractivity contribution in [2.45, 2.75) is 13.8 Å². The molecule has 0 amide bonds. The van der Waals surface area contributed by atoms with E-state index in [0.717, 1.165) is 28.3 Å². The number of benzene rings is 2. The third kappa shape index (κ3) is 1.74. The molecule has 20 heavy (non-hydrogen) atoms. The molecule has 1 heterocycles. The number of hydrogen-bond donors (Lipinski definition) is 1. The molecule has 3 rings (SSSR count). The maximum atomic E-state index is 14.0. The Morgan fingerprint density at radius 2 is 1.75 bits per heavy atom. The topological polar surface area (TPSA) is 32.9 Å².